The second kappa shape index (κ2) is 10.6. The van der Waals surface area contributed by atoms with Crippen molar-refractivity contribution >= 4 is 11.4 Å². The number of aromatic nitrogens is 2. The third kappa shape index (κ3) is 5.08. The van der Waals surface area contributed by atoms with Crippen molar-refractivity contribution in [3.8, 4) is 28.6 Å². The lowest BCUT2D eigenvalue weighted by atomic mass is 9.96. The molecule has 1 fully saturated rings. The molecule has 6 rings (SSSR count). The molecular weight excluding hydrogens is 480 g/mol. The van der Waals surface area contributed by atoms with Crippen LogP contribution >= 0.6 is 0 Å². The molecule has 0 saturated carbocycles. The van der Waals surface area contributed by atoms with Crippen LogP contribution in [0.25, 0.3) is 11.3 Å². The Kier molecular flexibility index (Phi) is 6.71. The number of pyridine rings is 2. The van der Waals surface area contributed by atoms with Gasteiger partial charge in [-0.3, -0.25) is 4.79 Å². The maximum absolute atomic E-state index is 12.6. The zero-order valence-corrected chi connectivity index (χ0v) is 21.3. The van der Waals surface area contributed by atoms with Crippen LogP contribution in [0.3, 0.4) is 0 Å². The largest absolute Gasteiger partial charge is 0.478 e. The van der Waals surface area contributed by atoms with Gasteiger partial charge in [-0.15, -0.1) is 0 Å². The highest BCUT2D eigenvalue weighted by molar-refractivity contribution is 5.74. The van der Waals surface area contributed by atoms with Gasteiger partial charge in [0.1, 0.15) is 11.5 Å². The molecule has 4 heterocycles. The van der Waals surface area contributed by atoms with Crippen LogP contribution < -0.4 is 25.2 Å². The van der Waals surface area contributed by atoms with E-state index in [9.17, 15) is 4.79 Å². The van der Waals surface area contributed by atoms with Gasteiger partial charge in [0.2, 0.25) is 11.4 Å². The van der Waals surface area contributed by atoms with Gasteiger partial charge < -0.3 is 29.4 Å². The zero-order chi connectivity index (χ0) is 25.9. The van der Waals surface area contributed by atoms with Crippen LogP contribution in [-0.4, -0.2) is 42.9 Å². The predicted molar refractivity (Wildman–Crippen MR) is 148 cm³/mol. The first-order chi connectivity index (χ1) is 18.7. The first-order valence-electron chi connectivity index (χ1n) is 13.0. The zero-order valence-electron chi connectivity index (χ0n) is 21.3. The molecule has 2 aromatic carbocycles. The molecular formula is C30H30N4O4. The smallest absolute Gasteiger partial charge is 0.250 e. The summed E-state index contributed by atoms with van der Waals surface area (Å²) >= 11 is 0. The van der Waals surface area contributed by atoms with Crippen LogP contribution in [0.15, 0.2) is 71.7 Å². The van der Waals surface area contributed by atoms with E-state index < -0.39 is 0 Å². The van der Waals surface area contributed by atoms with Gasteiger partial charge in [0, 0.05) is 66.9 Å². The number of benzene rings is 2. The van der Waals surface area contributed by atoms with E-state index in [1.165, 1.54) is 0 Å². The number of anilines is 2. The summed E-state index contributed by atoms with van der Waals surface area (Å²) in [4.78, 5) is 22.1. The number of H-pyrrole nitrogens is 1. The van der Waals surface area contributed by atoms with Crippen molar-refractivity contribution in [2.45, 2.75) is 19.9 Å². The fourth-order valence-electron chi connectivity index (χ4n) is 4.93. The molecule has 0 aliphatic carbocycles. The molecule has 4 aromatic rings. The van der Waals surface area contributed by atoms with E-state index >= 15 is 0 Å². The third-order valence-corrected chi connectivity index (χ3v) is 6.83. The van der Waals surface area contributed by atoms with Crippen LogP contribution in [0, 0.1) is 0 Å². The number of nitrogens with one attached hydrogen (secondary N) is 2. The highest BCUT2D eigenvalue weighted by Gasteiger charge is 2.22. The van der Waals surface area contributed by atoms with E-state index in [0.29, 0.717) is 32.2 Å². The lowest BCUT2D eigenvalue weighted by molar-refractivity contribution is 0.122. The number of nitrogens with zero attached hydrogens (tertiary/aromatic N) is 2. The number of aromatic amines is 1. The van der Waals surface area contributed by atoms with Gasteiger partial charge in [0.15, 0.2) is 0 Å². The van der Waals surface area contributed by atoms with Gasteiger partial charge in [-0.2, -0.15) is 0 Å². The maximum Gasteiger partial charge on any atom is 0.250 e. The second-order valence-corrected chi connectivity index (χ2v) is 9.40. The molecule has 0 spiro atoms. The number of ether oxygens (including phenoxy) is 3. The summed E-state index contributed by atoms with van der Waals surface area (Å²) in [5.41, 5.74) is 6.69. The Hall–Kier alpha value is -4.30. The van der Waals surface area contributed by atoms with Gasteiger partial charge in [-0.1, -0.05) is 18.2 Å². The molecule has 0 atom stereocenters. The standard InChI is InChI=1S/C30H30N4O4/c1-2-37-29-9-6-20(19-32-29)18-31-23-7-8-27-22(15-23)14-21-4-3-5-25(30(21)38-27)26-16-24(17-28(35)33-26)34-10-12-36-13-11-34/h3-9,15-17,19,31H,2,10-14,18H2,1H3,(H,33,35). The SMILES string of the molecule is CCOc1ccc(CNc2ccc3c(c2)Cc2cccc(-c4cc(N5CCOCC5)cc(=O)[nH]4)c2O3)cn1. The highest BCUT2D eigenvalue weighted by atomic mass is 16.5. The first kappa shape index (κ1) is 24.1. The number of hydrogen-bond acceptors (Lipinski definition) is 7. The van der Waals surface area contributed by atoms with Gasteiger partial charge in [-0.25, -0.2) is 4.98 Å². The second-order valence-electron chi connectivity index (χ2n) is 9.40. The molecule has 0 radical (unpaired) electrons. The van der Waals surface area contributed by atoms with Crippen molar-refractivity contribution in [3.05, 3.63) is 93.9 Å². The molecule has 1 saturated heterocycles. The number of fused-ring (bicyclic) bond motifs is 2. The highest BCUT2D eigenvalue weighted by Crippen LogP contribution is 2.43. The summed E-state index contributed by atoms with van der Waals surface area (Å²) in [6, 6.07) is 19.8. The number of morpholine rings is 1. The molecule has 2 aliphatic heterocycles. The molecule has 194 valence electrons. The summed E-state index contributed by atoms with van der Waals surface area (Å²) in [5, 5.41) is 3.48. The van der Waals surface area contributed by atoms with Gasteiger partial charge >= 0.3 is 0 Å². The molecule has 38 heavy (non-hydrogen) atoms. The quantitative estimate of drug-likeness (QED) is 0.319. The van der Waals surface area contributed by atoms with E-state index in [0.717, 1.165) is 70.3 Å². The first-order valence-corrected chi connectivity index (χ1v) is 13.0. The molecule has 8 heteroatoms. The molecule has 8 nitrogen and oxygen atoms in total. The summed E-state index contributed by atoms with van der Waals surface area (Å²) < 4.78 is 17.3. The minimum absolute atomic E-state index is 0.128. The Balaban J connectivity index is 1.22. The lowest BCUT2D eigenvalue weighted by Crippen LogP contribution is -2.36. The average molecular weight is 511 g/mol. The van der Waals surface area contributed by atoms with Crippen molar-refractivity contribution in [2.24, 2.45) is 0 Å². The minimum Gasteiger partial charge on any atom is -0.478 e. The van der Waals surface area contributed by atoms with Crippen molar-refractivity contribution in [1.29, 1.82) is 0 Å². The Labute approximate surface area is 221 Å². The van der Waals surface area contributed by atoms with E-state index in [-0.39, 0.29) is 5.56 Å². The average Bonchev–Trinajstić information content (AvgIpc) is 2.95. The normalized spacial score (nSPS) is 14.3. The third-order valence-electron chi connectivity index (χ3n) is 6.83. The monoisotopic (exact) mass is 510 g/mol. The summed E-state index contributed by atoms with van der Waals surface area (Å²) in [6.07, 6.45) is 2.57. The van der Waals surface area contributed by atoms with Gasteiger partial charge in [-0.05, 0) is 48.4 Å². The molecule has 2 aromatic heterocycles. The summed E-state index contributed by atoms with van der Waals surface area (Å²) in [7, 11) is 0. The molecule has 0 unspecified atom stereocenters. The molecule has 2 N–H and O–H groups in total. The number of rotatable bonds is 7. The fourth-order valence-corrected chi connectivity index (χ4v) is 4.93. The Bertz CT molecular complexity index is 1490. The van der Waals surface area contributed by atoms with Gasteiger partial charge in [0.05, 0.1) is 25.5 Å². The van der Waals surface area contributed by atoms with Crippen LogP contribution in [0.5, 0.6) is 17.4 Å². The maximum atomic E-state index is 12.6. The van der Waals surface area contributed by atoms with Crippen molar-refractivity contribution in [3.63, 3.8) is 0 Å². The summed E-state index contributed by atoms with van der Waals surface area (Å²) in [5.74, 6) is 2.25. The Morgan fingerprint density at radius 2 is 1.95 bits per heavy atom. The van der Waals surface area contributed by atoms with Crippen LogP contribution in [-0.2, 0) is 17.7 Å². The molecule has 0 bridgehead atoms. The van der Waals surface area contributed by atoms with Crippen LogP contribution in [0.1, 0.15) is 23.6 Å². The molecule has 2 aliphatic rings. The summed E-state index contributed by atoms with van der Waals surface area (Å²) in [6.45, 7) is 6.07. The minimum atomic E-state index is -0.128. The fraction of sp³-hybridized carbons (Fsp3) is 0.267. The van der Waals surface area contributed by atoms with Crippen LogP contribution in [0.2, 0.25) is 0 Å². The number of hydrogen-bond donors (Lipinski definition) is 2. The Morgan fingerprint density at radius 3 is 2.76 bits per heavy atom. The van der Waals surface area contributed by atoms with Gasteiger partial charge in [0.25, 0.3) is 0 Å². The lowest BCUT2D eigenvalue weighted by Gasteiger charge is -2.29. The van der Waals surface area contributed by atoms with E-state index in [1.54, 1.807) is 6.07 Å². The van der Waals surface area contributed by atoms with Crippen LogP contribution in [0.4, 0.5) is 11.4 Å². The van der Waals surface area contributed by atoms with Crippen molar-refractivity contribution in [1.82, 2.24) is 9.97 Å². The predicted octanol–water partition coefficient (Wildman–Crippen LogP) is 4.98. The van der Waals surface area contributed by atoms with E-state index in [4.69, 9.17) is 14.2 Å². The molecule has 0 amide bonds. The van der Waals surface area contributed by atoms with Crippen molar-refractivity contribution < 1.29 is 14.2 Å². The van der Waals surface area contributed by atoms with E-state index in [2.05, 4.69) is 32.3 Å². The number of para-hydroxylation sites is 1. The van der Waals surface area contributed by atoms with Crippen molar-refractivity contribution in [2.75, 3.05) is 43.1 Å². The topological polar surface area (TPSA) is 88.7 Å². The van der Waals surface area contributed by atoms with E-state index in [1.807, 2.05) is 55.6 Å². The Morgan fingerprint density at radius 1 is 1.05 bits per heavy atom.